The Hall–Kier alpha value is -0.0800. The van der Waals surface area contributed by atoms with Crippen LogP contribution in [0.2, 0.25) is 0 Å². The lowest BCUT2D eigenvalue weighted by molar-refractivity contribution is 0.221. The van der Waals surface area contributed by atoms with Crippen LogP contribution in [0, 0.1) is 11.3 Å². The van der Waals surface area contributed by atoms with Crippen molar-refractivity contribution in [2.75, 3.05) is 13.1 Å². The van der Waals surface area contributed by atoms with E-state index in [9.17, 15) is 0 Å². The van der Waals surface area contributed by atoms with Gasteiger partial charge in [0.05, 0.1) is 0 Å². The Morgan fingerprint density at radius 3 is 2.33 bits per heavy atom. The quantitative estimate of drug-likeness (QED) is 0.779. The summed E-state index contributed by atoms with van der Waals surface area (Å²) < 4.78 is 0. The van der Waals surface area contributed by atoms with Gasteiger partial charge in [-0.05, 0) is 37.6 Å². The monoisotopic (exact) mass is 212 g/mol. The molecule has 0 spiro atoms. The number of nitrogens with two attached hydrogens (primary N) is 1. The van der Waals surface area contributed by atoms with Gasteiger partial charge in [-0.2, -0.15) is 0 Å². The molecule has 0 bridgehead atoms. The van der Waals surface area contributed by atoms with Crippen molar-refractivity contribution in [1.29, 1.82) is 0 Å². The maximum atomic E-state index is 6.18. The highest BCUT2D eigenvalue weighted by atomic mass is 15.2. The molecule has 3 unspecified atom stereocenters. The molecule has 0 saturated carbocycles. The normalized spacial score (nSPS) is 30.8. The van der Waals surface area contributed by atoms with E-state index in [4.69, 9.17) is 5.73 Å². The number of nitrogens with zero attached hydrogens (tertiary/aromatic N) is 1. The van der Waals surface area contributed by atoms with E-state index in [0.717, 1.165) is 18.4 Å². The van der Waals surface area contributed by atoms with Crippen LogP contribution in [0.1, 0.15) is 47.5 Å². The van der Waals surface area contributed by atoms with Crippen LogP contribution in [0.4, 0.5) is 0 Å². The van der Waals surface area contributed by atoms with Gasteiger partial charge in [0.1, 0.15) is 0 Å². The third-order valence-corrected chi connectivity index (χ3v) is 3.75. The summed E-state index contributed by atoms with van der Waals surface area (Å²) in [7, 11) is 0. The van der Waals surface area contributed by atoms with Crippen LogP contribution in [-0.2, 0) is 0 Å². The molecular weight excluding hydrogens is 184 g/mol. The molecule has 1 rings (SSSR count). The molecule has 0 aromatic carbocycles. The van der Waals surface area contributed by atoms with Crippen LogP contribution in [0.15, 0.2) is 0 Å². The van der Waals surface area contributed by atoms with Crippen LogP contribution in [-0.4, -0.2) is 30.1 Å². The topological polar surface area (TPSA) is 29.3 Å². The molecule has 0 aliphatic carbocycles. The third-order valence-electron chi connectivity index (χ3n) is 3.75. The molecule has 2 nitrogen and oxygen atoms in total. The molecule has 0 radical (unpaired) electrons. The molecule has 1 aliphatic heterocycles. The average Bonchev–Trinajstić information content (AvgIpc) is 2.39. The summed E-state index contributed by atoms with van der Waals surface area (Å²) >= 11 is 0. The molecule has 1 heterocycles. The first-order valence-electron chi connectivity index (χ1n) is 6.30. The smallest absolute Gasteiger partial charge is 0.00998 e. The highest BCUT2D eigenvalue weighted by Crippen LogP contribution is 2.24. The standard InChI is InChI=1S/C13H28N2/c1-10-8-11(2)15(9-10)7-6-12(14)13(3,4)5/h10-12H,6-9,14H2,1-5H3. The molecule has 1 aliphatic rings. The Morgan fingerprint density at radius 2 is 1.93 bits per heavy atom. The van der Waals surface area contributed by atoms with Crippen molar-refractivity contribution < 1.29 is 0 Å². The van der Waals surface area contributed by atoms with E-state index in [2.05, 4.69) is 39.5 Å². The highest BCUT2D eigenvalue weighted by molar-refractivity contribution is 4.83. The van der Waals surface area contributed by atoms with Crippen LogP contribution in [0.25, 0.3) is 0 Å². The van der Waals surface area contributed by atoms with Crippen molar-refractivity contribution in [2.45, 2.75) is 59.5 Å². The second-order valence-corrected chi connectivity index (χ2v) is 6.45. The zero-order chi connectivity index (χ0) is 11.6. The van der Waals surface area contributed by atoms with Crippen LogP contribution in [0.5, 0.6) is 0 Å². The van der Waals surface area contributed by atoms with Crippen LogP contribution >= 0.6 is 0 Å². The molecule has 0 aromatic heterocycles. The van der Waals surface area contributed by atoms with Gasteiger partial charge in [-0.25, -0.2) is 0 Å². The lowest BCUT2D eigenvalue weighted by Crippen LogP contribution is -2.39. The SMILES string of the molecule is CC1CC(C)N(CCC(N)C(C)(C)C)C1. The van der Waals surface area contributed by atoms with Crippen molar-refractivity contribution >= 4 is 0 Å². The second kappa shape index (κ2) is 4.84. The van der Waals surface area contributed by atoms with Crippen molar-refractivity contribution in [3.63, 3.8) is 0 Å². The Bertz CT molecular complexity index is 195. The predicted octanol–water partition coefficient (Wildman–Crippen LogP) is 2.48. The van der Waals surface area contributed by atoms with Gasteiger partial charge in [0.25, 0.3) is 0 Å². The van der Waals surface area contributed by atoms with Gasteiger partial charge in [-0.3, -0.25) is 0 Å². The van der Waals surface area contributed by atoms with E-state index in [-0.39, 0.29) is 5.41 Å². The van der Waals surface area contributed by atoms with Crippen LogP contribution in [0.3, 0.4) is 0 Å². The average molecular weight is 212 g/mol. The molecule has 0 amide bonds. The number of likely N-dealkylation sites (tertiary alicyclic amines) is 1. The van der Waals surface area contributed by atoms with Crippen LogP contribution < -0.4 is 5.73 Å². The second-order valence-electron chi connectivity index (χ2n) is 6.45. The van der Waals surface area contributed by atoms with Gasteiger partial charge >= 0.3 is 0 Å². The summed E-state index contributed by atoms with van der Waals surface area (Å²) in [6, 6.07) is 1.08. The van der Waals surface area contributed by atoms with Gasteiger partial charge in [0, 0.05) is 18.6 Å². The first-order valence-corrected chi connectivity index (χ1v) is 6.30. The molecule has 1 saturated heterocycles. The summed E-state index contributed by atoms with van der Waals surface area (Å²) in [5, 5.41) is 0. The zero-order valence-corrected chi connectivity index (χ0v) is 11.1. The zero-order valence-electron chi connectivity index (χ0n) is 11.1. The van der Waals surface area contributed by atoms with Crippen molar-refractivity contribution in [1.82, 2.24) is 4.90 Å². The lowest BCUT2D eigenvalue weighted by Gasteiger charge is -2.30. The van der Waals surface area contributed by atoms with E-state index < -0.39 is 0 Å². The maximum Gasteiger partial charge on any atom is 0.00998 e. The highest BCUT2D eigenvalue weighted by Gasteiger charge is 2.27. The number of hydrogen-bond acceptors (Lipinski definition) is 2. The van der Waals surface area contributed by atoms with Gasteiger partial charge in [-0.15, -0.1) is 0 Å². The van der Waals surface area contributed by atoms with Gasteiger partial charge < -0.3 is 10.6 Å². The number of rotatable bonds is 3. The summed E-state index contributed by atoms with van der Waals surface area (Å²) in [5.41, 5.74) is 6.43. The Labute approximate surface area is 95.2 Å². The Kier molecular flexibility index (Phi) is 4.19. The van der Waals surface area contributed by atoms with Gasteiger partial charge in [-0.1, -0.05) is 27.7 Å². The van der Waals surface area contributed by atoms with Crippen molar-refractivity contribution in [3.8, 4) is 0 Å². The summed E-state index contributed by atoms with van der Waals surface area (Å²) in [5.74, 6) is 0.867. The van der Waals surface area contributed by atoms with E-state index in [1.165, 1.54) is 19.5 Å². The van der Waals surface area contributed by atoms with Gasteiger partial charge in [0.2, 0.25) is 0 Å². The molecule has 3 atom stereocenters. The lowest BCUT2D eigenvalue weighted by atomic mass is 9.85. The molecule has 2 heteroatoms. The van der Waals surface area contributed by atoms with E-state index in [1.54, 1.807) is 0 Å². The minimum atomic E-state index is 0.245. The molecule has 90 valence electrons. The molecular formula is C13H28N2. The number of hydrogen-bond donors (Lipinski definition) is 1. The van der Waals surface area contributed by atoms with Gasteiger partial charge in [0.15, 0.2) is 0 Å². The third kappa shape index (κ3) is 3.76. The first-order chi connectivity index (χ1) is 6.80. The minimum Gasteiger partial charge on any atom is -0.327 e. The first kappa shape index (κ1) is 13.0. The summed E-state index contributed by atoms with van der Waals surface area (Å²) in [6.45, 7) is 13.8. The molecule has 2 N–H and O–H groups in total. The minimum absolute atomic E-state index is 0.245. The van der Waals surface area contributed by atoms with Crippen molar-refractivity contribution in [3.05, 3.63) is 0 Å². The maximum absolute atomic E-state index is 6.18. The Morgan fingerprint density at radius 1 is 1.33 bits per heavy atom. The largest absolute Gasteiger partial charge is 0.327 e. The predicted molar refractivity (Wildman–Crippen MR) is 66.9 cm³/mol. The molecule has 1 fully saturated rings. The molecule has 0 aromatic rings. The van der Waals surface area contributed by atoms with Crippen molar-refractivity contribution in [2.24, 2.45) is 17.1 Å². The molecule has 15 heavy (non-hydrogen) atoms. The fourth-order valence-electron chi connectivity index (χ4n) is 2.44. The van der Waals surface area contributed by atoms with E-state index in [1.807, 2.05) is 0 Å². The Balaban J connectivity index is 2.31. The fraction of sp³-hybridized carbons (Fsp3) is 1.00. The van der Waals surface area contributed by atoms with E-state index in [0.29, 0.717) is 6.04 Å². The summed E-state index contributed by atoms with van der Waals surface area (Å²) in [6.07, 6.45) is 2.48. The fourth-order valence-corrected chi connectivity index (χ4v) is 2.44. The van der Waals surface area contributed by atoms with E-state index >= 15 is 0 Å². The summed E-state index contributed by atoms with van der Waals surface area (Å²) in [4.78, 5) is 2.59.